The molecule has 2 rings (SSSR count). The van der Waals surface area contributed by atoms with Crippen LogP contribution in [0.15, 0.2) is 18.2 Å². The summed E-state index contributed by atoms with van der Waals surface area (Å²) in [5, 5.41) is 9.92. The minimum Gasteiger partial charge on any atom is -0.481 e. The zero-order valence-electron chi connectivity index (χ0n) is 12.3. The third-order valence-corrected chi connectivity index (χ3v) is 4.55. The van der Waals surface area contributed by atoms with Gasteiger partial charge in [-0.05, 0) is 30.7 Å². The maximum atomic E-state index is 12.2. The summed E-state index contributed by atoms with van der Waals surface area (Å²) in [7, 11) is 1.72. The van der Waals surface area contributed by atoms with E-state index >= 15 is 0 Å². The number of likely N-dealkylation sites (tertiary alicyclic amines) is 1. The number of carbonyl (C=O) groups is 2. The van der Waals surface area contributed by atoms with Gasteiger partial charge in [-0.25, -0.2) is 0 Å². The van der Waals surface area contributed by atoms with Crippen molar-refractivity contribution < 1.29 is 14.7 Å². The van der Waals surface area contributed by atoms with Gasteiger partial charge in [0.1, 0.15) is 0 Å². The van der Waals surface area contributed by atoms with Crippen LogP contribution in [0, 0.1) is 5.92 Å². The molecule has 1 aromatic rings. The number of carboxylic acids is 1. The highest BCUT2D eigenvalue weighted by molar-refractivity contribution is 6.42. The van der Waals surface area contributed by atoms with Crippen LogP contribution in [0.4, 0.5) is 0 Å². The molecule has 1 unspecified atom stereocenters. The van der Waals surface area contributed by atoms with Gasteiger partial charge in [-0.2, -0.15) is 0 Å². The molecule has 1 saturated heterocycles. The average Bonchev–Trinajstić information content (AvgIpc) is 2.91. The number of halogens is 2. The van der Waals surface area contributed by atoms with E-state index in [-0.39, 0.29) is 18.4 Å². The Morgan fingerprint density at radius 3 is 2.68 bits per heavy atom. The number of hydrogen-bond donors (Lipinski definition) is 1. The monoisotopic (exact) mass is 344 g/mol. The van der Waals surface area contributed by atoms with E-state index < -0.39 is 5.97 Å². The number of rotatable bonds is 5. The topological polar surface area (TPSA) is 60.9 Å². The third kappa shape index (κ3) is 4.35. The standard InChI is InChI=1S/C15H18Cl2N2O3/c1-18(7-10-2-3-12(16)13(17)6-10)14(20)9-19-5-4-11(8-19)15(21)22/h2-3,6,11H,4-5,7-9H2,1H3,(H,21,22). The number of aliphatic carboxylic acids is 1. The van der Waals surface area contributed by atoms with Crippen molar-refractivity contribution in [1.29, 1.82) is 0 Å². The first-order valence-corrected chi connectivity index (χ1v) is 7.75. The Labute approximate surface area is 139 Å². The van der Waals surface area contributed by atoms with E-state index in [0.717, 1.165) is 5.56 Å². The summed E-state index contributed by atoms with van der Waals surface area (Å²) in [6.45, 7) is 1.75. The van der Waals surface area contributed by atoms with Crippen molar-refractivity contribution in [2.45, 2.75) is 13.0 Å². The van der Waals surface area contributed by atoms with Crippen molar-refractivity contribution in [2.24, 2.45) is 5.92 Å². The van der Waals surface area contributed by atoms with E-state index in [1.54, 1.807) is 24.1 Å². The molecule has 1 N–H and O–H groups in total. The Kier molecular flexibility index (Phi) is 5.67. The molecule has 0 saturated carbocycles. The first kappa shape index (κ1) is 17.1. The normalized spacial score (nSPS) is 18.4. The van der Waals surface area contributed by atoms with E-state index in [1.807, 2.05) is 11.0 Å². The number of nitrogens with zero attached hydrogens (tertiary/aromatic N) is 2. The van der Waals surface area contributed by atoms with Crippen LogP contribution in [-0.2, 0) is 16.1 Å². The largest absolute Gasteiger partial charge is 0.481 e. The predicted molar refractivity (Wildman–Crippen MR) is 85.1 cm³/mol. The van der Waals surface area contributed by atoms with Gasteiger partial charge in [-0.1, -0.05) is 29.3 Å². The fourth-order valence-electron chi connectivity index (χ4n) is 2.49. The molecule has 1 aromatic carbocycles. The lowest BCUT2D eigenvalue weighted by Crippen LogP contribution is -2.37. The summed E-state index contributed by atoms with van der Waals surface area (Å²) in [5.74, 6) is -1.20. The molecule has 0 spiro atoms. The van der Waals surface area contributed by atoms with Crippen molar-refractivity contribution >= 4 is 35.1 Å². The zero-order chi connectivity index (χ0) is 16.3. The molecule has 22 heavy (non-hydrogen) atoms. The van der Waals surface area contributed by atoms with Crippen LogP contribution >= 0.6 is 23.2 Å². The molecule has 0 aliphatic carbocycles. The molecule has 1 aliphatic rings. The molecule has 1 amide bonds. The van der Waals surface area contributed by atoms with Crippen LogP contribution in [0.1, 0.15) is 12.0 Å². The molecule has 7 heteroatoms. The number of benzene rings is 1. The lowest BCUT2D eigenvalue weighted by Gasteiger charge is -2.21. The molecular weight excluding hydrogens is 327 g/mol. The van der Waals surface area contributed by atoms with Crippen molar-refractivity contribution in [3.63, 3.8) is 0 Å². The Balaban J connectivity index is 1.87. The highest BCUT2D eigenvalue weighted by Gasteiger charge is 2.29. The summed E-state index contributed by atoms with van der Waals surface area (Å²) in [4.78, 5) is 26.6. The van der Waals surface area contributed by atoms with Crippen molar-refractivity contribution in [1.82, 2.24) is 9.80 Å². The highest BCUT2D eigenvalue weighted by atomic mass is 35.5. The van der Waals surface area contributed by atoms with Crippen LogP contribution < -0.4 is 0 Å². The van der Waals surface area contributed by atoms with Gasteiger partial charge in [0.15, 0.2) is 0 Å². The quantitative estimate of drug-likeness (QED) is 0.890. The number of carbonyl (C=O) groups excluding carboxylic acids is 1. The van der Waals surface area contributed by atoms with Gasteiger partial charge in [-0.15, -0.1) is 0 Å². The summed E-state index contributed by atoms with van der Waals surface area (Å²) in [6.07, 6.45) is 0.596. The van der Waals surface area contributed by atoms with Crippen LogP contribution in [0.25, 0.3) is 0 Å². The molecule has 1 fully saturated rings. The summed E-state index contributed by atoms with van der Waals surface area (Å²) >= 11 is 11.8. The molecule has 0 aromatic heterocycles. The minimum absolute atomic E-state index is 0.0443. The molecule has 1 atom stereocenters. The maximum absolute atomic E-state index is 12.2. The van der Waals surface area contributed by atoms with Gasteiger partial charge < -0.3 is 10.0 Å². The number of hydrogen-bond acceptors (Lipinski definition) is 3. The van der Waals surface area contributed by atoms with E-state index in [0.29, 0.717) is 36.1 Å². The number of carboxylic acid groups (broad SMARTS) is 1. The van der Waals surface area contributed by atoms with Gasteiger partial charge in [0.25, 0.3) is 0 Å². The van der Waals surface area contributed by atoms with Crippen LogP contribution in [-0.4, -0.2) is 53.5 Å². The van der Waals surface area contributed by atoms with Crippen molar-refractivity contribution in [3.8, 4) is 0 Å². The van der Waals surface area contributed by atoms with Gasteiger partial charge in [0.05, 0.1) is 22.5 Å². The molecule has 1 aliphatic heterocycles. The summed E-state index contributed by atoms with van der Waals surface area (Å²) in [6, 6.07) is 5.27. The van der Waals surface area contributed by atoms with Crippen molar-refractivity contribution in [2.75, 3.05) is 26.7 Å². The second kappa shape index (κ2) is 7.31. The van der Waals surface area contributed by atoms with Gasteiger partial charge in [0.2, 0.25) is 5.91 Å². The Bertz CT molecular complexity index is 580. The van der Waals surface area contributed by atoms with Crippen LogP contribution in [0.2, 0.25) is 10.0 Å². The van der Waals surface area contributed by atoms with Crippen molar-refractivity contribution in [3.05, 3.63) is 33.8 Å². The Morgan fingerprint density at radius 1 is 1.36 bits per heavy atom. The Morgan fingerprint density at radius 2 is 2.09 bits per heavy atom. The lowest BCUT2D eigenvalue weighted by atomic mass is 10.1. The van der Waals surface area contributed by atoms with E-state index in [1.165, 1.54) is 0 Å². The van der Waals surface area contributed by atoms with Gasteiger partial charge in [-0.3, -0.25) is 14.5 Å². The number of likely N-dealkylation sites (N-methyl/N-ethyl adjacent to an activating group) is 1. The maximum Gasteiger partial charge on any atom is 0.307 e. The second-order valence-electron chi connectivity index (χ2n) is 5.56. The first-order chi connectivity index (χ1) is 10.4. The SMILES string of the molecule is CN(Cc1ccc(Cl)c(Cl)c1)C(=O)CN1CCC(C(=O)O)C1. The highest BCUT2D eigenvalue weighted by Crippen LogP contribution is 2.23. The van der Waals surface area contributed by atoms with Crippen LogP contribution in [0.3, 0.4) is 0 Å². The predicted octanol–water partition coefficient (Wildman–Crippen LogP) is 2.36. The average molecular weight is 345 g/mol. The minimum atomic E-state index is -0.792. The first-order valence-electron chi connectivity index (χ1n) is 7.00. The lowest BCUT2D eigenvalue weighted by molar-refractivity contribution is -0.141. The zero-order valence-corrected chi connectivity index (χ0v) is 13.8. The second-order valence-corrected chi connectivity index (χ2v) is 6.37. The molecule has 0 radical (unpaired) electrons. The number of amides is 1. The molecular formula is C15H18Cl2N2O3. The van der Waals surface area contributed by atoms with Crippen LogP contribution in [0.5, 0.6) is 0 Å². The summed E-state index contributed by atoms with van der Waals surface area (Å²) < 4.78 is 0. The molecule has 5 nitrogen and oxygen atoms in total. The fourth-order valence-corrected chi connectivity index (χ4v) is 2.81. The van der Waals surface area contributed by atoms with E-state index in [4.69, 9.17) is 28.3 Å². The third-order valence-electron chi connectivity index (χ3n) is 3.81. The summed E-state index contributed by atoms with van der Waals surface area (Å²) in [5.41, 5.74) is 0.898. The van der Waals surface area contributed by atoms with Gasteiger partial charge in [0, 0.05) is 20.1 Å². The van der Waals surface area contributed by atoms with E-state index in [9.17, 15) is 9.59 Å². The van der Waals surface area contributed by atoms with E-state index in [2.05, 4.69) is 0 Å². The van der Waals surface area contributed by atoms with Gasteiger partial charge >= 0.3 is 5.97 Å². The smallest absolute Gasteiger partial charge is 0.307 e. The molecule has 0 bridgehead atoms. The fraction of sp³-hybridized carbons (Fsp3) is 0.467. The Hall–Kier alpha value is -1.30. The molecule has 1 heterocycles. The molecule has 120 valence electrons.